The van der Waals surface area contributed by atoms with Crippen LogP contribution in [0.1, 0.15) is 34.6 Å². The summed E-state index contributed by atoms with van der Waals surface area (Å²) in [4.78, 5) is 30.2. The predicted molar refractivity (Wildman–Crippen MR) is 132 cm³/mol. The van der Waals surface area contributed by atoms with Gasteiger partial charge >= 0.3 is 18.2 Å². The third kappa shape index (κ3) is 4.69. The fourth-order valence-corrected chi connectivity index (χ4v) is 4.93. The van der Waals surface area contributed by atoms with E-state index in [0.717, 1.165) is 15.7 Å². The lowest BCUT2D eigenvalue weighted by Gasteiger charge is -2.27. The Balaban J connectivity index is 1.55. The number of carbonyl (C=O) groups excluding carboxylic acids is 1. The first-order valence-electron chi connectivity index (χ1n) is 11.7. The topological polar surface area (TPSA) is 113 Å². The van der Waals surface area contributed by atoms with Gasteiger partial charge in [0.25, 0.3) is 0 Å². The van der Waals surface area contributed by atoms with Crippen LogP contribution in [0.2, 0.25) is 0 Å². The number of benzene rings is 2. The average Bonchev–Trinajstić information content (AvgIpc) is 3.49. The van der Waals surface area contributed by atoms with Crippen molar-refractivity contribution in [1.82, 2.24) is 14.5 Å². The maximum atomic E-state index is 13.4. The van der Waals surface area contributed by atoms with Crippen LogP contribution in [0.5, 0.6) is 0 Å². The molecule has 1 saturated heterocycles. The second kappa shape index (κ2) is 9.40. The number of aromatic carboxylic acids is 1. The summed E-state index contributed by atoms with van der Waals surface area (Å²) in [6, 6.07) is 13.0. The number of hydrogen-bond acceptors (Lipinski definition) is 4. The first-order valence-corrected chi connectivity index (χ1v) is 11.7. The van der Waals surface area contributed by atoms with Crippen molar-refractivity contribution in [2.45, 2.75) is 38.1 Å². The molecule has 0 bridgehead atoms. The number of alkyl halides is 3. The number of carbonyl (C=O) groups is 2. The van der Waals surface area contributed by atoms with E-state index in [-0.39, 0.29) is 38.2 Å². The molecule has 8 nitrogen and oxygen atoms in total. The van der Waals surface area contributed by atoms with Crippen molar-refractivity contribution in [3.05, 3.63) is 71.5 Å². The third-order valence-corrected chi connectivity index (χ3v) is 6.65. The fourth-order valence-electron chi connectivity index (χ4n) is 4.93. The van der Waals surface area contributed by atoms with Crippen LogP contribution in [-0.4, -0.2) is 50.3 Å². The van der Waals surface area contributed by atoms with Gasteiger partial charge in [-0.3, -0.25) is 0 Å². The molecule has 0 radical (unpaired) electrons. The number of carboxylic acid groups (broad SMARTS) is 1. The Kier molecular flexibility index (Phi) is 6.24. The van der Waals surface area contributed by atoms with Gasteiger partial charge < -0.3 is 25.6 Å². The Morgan fingerprint density at radius 3 is 2.62 bits per heavy atom. The Morgan fingerprint density at radius 1 is 1.11 bits per heavy atom. The zero-order valence-corrected chi connectivity index (χ0v) is 19.6. The van der Waals surface area contributed by atoms with Crippen LogP contribution in [0.25, 0.3) is 21.8 Å². The molecule has 1 aliphatic rings. The second-order valence-electron chi connectivity index (χ2n) is 9.02. The normalized spacial score (nSPS) is 16.0. The number of nitrogens with one attached hydrogen (secondary N) is 1. The first-order chi connectivity index (χ1) is 17.7. The molecule has 37 heavy (non-hydrogen) atoms. The minimum atomic E-state index is -4.50. The molecule has 1 unspecified atom stereocenters. The van der Waals surface area contributed by atoms with Crippen molar-refractivity contribution in [1.29, 1.82) is 0 Å². The lowest BCUT2D eigenvalue weighted by molar-refractivity contribution is -0.168. The number of urea groups is 1. The molecule has 0 saturated carbocycles. The number of nitrogens with two attached hydrogens (primary N) is 1. The van der Waals surface area contributed by atoms with Crippen molar-refractivity contribution in [3.8, 4) is 0 Å². The molecule has 4 N–H and O–H groups in total. The lowest BCUT2D eigenvalue weighted by Crippen LogP contribution is -2.46. The summed E-state index contributed by atoms with van der Waals surface area (Å²) in [5.74, 6) is -1.13. The molecule has 2 aromatic heterocycles. The molecule has 4 aromatic rings. The molecule has 2 amide bonds. The van der Waals surface area contributed by atoms with Crippen molar-refractivity contribution in [2.75, 3.05) is 11.9 Å². The van der Waals surface area contributed by atoms with Gasteiger partial charge in [0.05, 0.1) is 12.2 Å². The zero-order chi connectivity index (χ0) is 26.3. The highest BCUT2D eigenvalue weighted by atomic mass is 19.4. The Bertz CT molecular complexity index is 1510. The number of nitrogens with zero attached hydrogens (tertiary/aromatic N) is 3. The standard InChI is InChI=1S/C26H24F3N5O3/c27-26(28,29)22-6-3-9-33(22)25(37)32-19-10-15-4-1-2-5-20(15)17(11-19)14-34-21(24(35)36)12-16-7-8-18(13-30)31-23(16)34/h1-2,4-5,7-8,10-12,22H,3,6,9,13-14,30H2,(H,32,37)(H,35,36). The number of anilines is 1. The Morgan fingerprint density at radius 2 is 1.89 bits per heavy atom. The highest BCUT2D eigenvalue weighted by molar-refractivity contribution is 5.96. The van der Waals surface area contributed by atoms with Gasteiger partial charge in [-0.2, -0.15) is 13.2 Å². The summed E-state index contributed by atoms with van der Waals surface area (Å²) in [7, 11) is 0. The number of halogens is 3. The quantitative estimate of drug-likeness (QED) is 0.351. The molecule has 0 aliphatic carbocycles. The van der Waals surface area contributed by atoms with Crippen LogP contribution >= 0.6 is 0 Å². The van der Waals surface area contributed by atoms with Crippen molar-refractivity contribution < 1.29 is 27.9 Å². The van der Waals surface area contributed by atoms with Gasteiger partial charge in [0.2, 0.25) is 0 Å². The van der Waals surface area contributed by atoms with E-state index < -0.39 is 24.2 Å². The molecule has 11 heteroatoms. The molecule has 2 aromatic carbocycles. The van der Waals surface area contributed by atoms with E-state index in [1.54, 1.807) is 34.9 Å². The van der Waals surface area contributed by atoms with Crippen LogP contribution in [-0.2, 0) is 13.1 Å². The number of fused-ring (bicyclic) bond motifs is 2. The minimum absolute atomic E-state index is 0.0168. The fraction of sp³-hybridized carbons (Fsp3) is 0.269. The summed E-state index contributed by atoms with van der Waals surface area (Å²) in [5, 5.41) is 14.6. The molecule has 1 atom stereocenters. The second-order valence-corrected chi connectivity index (χ2v) is 9.02. The zero-order valence-electron chi connectivity index (χ0n) is 19.6. The van der Waals surface area contributed by atoms with E-state index in [1.807, 2.05) is 18.2 Å². The molecule has 5 rings (SSSR count). The molecule has 1 fully saturated rings. The molecular weight excluding hydrogens is 487 g/mol. The number of pyridine rings is 1. The van der Waals surface area contributed by atoms with Crippen LogP contribution < -0.4 is 11.1 Å². The average molecular weight is 512 g/mol. The molecule has 192 valence electrons. The van der Waals surface area contributed by atoms with Gasteiger partial charge in [-0.15, -0.1) is 0 Å². The SMILES string of the molecule is NCc1ccc2cc(C(=O)O)n(Cc3cc(NC(=O)N4CCCC4C(F)(F)F)cc4ccccc34)c2n1. The summed E-state index contributed by atoms with van der Waals surface area (Å²) in [5.41, 5.74) is 7.79. The van der Waals surface area contributed by atoms with E-state index in [9.17, 15) is 27.9 Å². The number of hydrogen-bond donors (Lipinski definition) is 3. The van der Waals surface area contributed by atoms with Gasteiger partial charge in [0, 0.05) is 24.2 Å². The number of aromatic nitrogens is 2. The summed E-state index contributed by atoms with van der Waals surface area (Å²) >= 11 is 0. The Labute approximate surface area is 209 Å². The molecule has 3 heterocycles. The largest absolute Gasteiger partial charge is 0.477 e. The first kappa shape index (κ1) is 24.6. The highest BCUT2D eigenvalue weighted by Gasteiger charge is 2.47. The monoisotopic (exact) mass is 511 g/mol. The van der Waals surface area contributed by atoms with Gasteiger partial charge in [-0.05, 0) is 59.5 Å². The highest BCUT2D eigenvalue weighted by Crippen LogP contribution is 2.33. The molecular formula is C26H24F3N5O3. The number of likely N-dealkylation sites (tertiary alicyclic amines) is 1. The van der Waals surface area contributed by atoms with E-state index in [1.165, 1.54) is 6.07 Å². The molecule has 1 aliphatic heterocycles. The summed E-state index contributed by atoms with van der Waals surface area (Å²) in [6.07, 6.45) is -4.35. The number of rotatable bonds is 5. The van der Waals surface area contributed by atoms with E-state index in [4.69, 9.17) is 5.73 Å². The van der Waals surface area contributed by atoms with Crippen LogP contribution in [0, 0.1) is 0 Å². The van der Waals surface area contributed by atoms with Crippen molar-refractivity contribution in [3.63, 3.8) is 0 Å². The van der Waals surface area contributed by atoms with E-state index >= 15 is 0 Å². The molecule has 0 spiro atoms. The maximum absolute atomic E-state index is 13.4. The third-order valence-electron chi connectivity index (χ3n) is 6.65. The van der Waals surface area contributed by atoms with E-state index in [0.29, 0.717) is 28.0 Å². The smallest absolute Gasteiger partial charge is 0.408 e. The maximum Gasteiger partial charge on any atom is 0.408 e. The van der Waals surface area contributed by atoms with Crippen LogP contribution in [0.3, 0.4) is 0 Å². The predicted octanol–water partition coefficient (Wildman–Crippen LogP) is 4.95. The minimum Gasteiger partial charge on any atom is -0.477 e. The summed E-state index contributed by atoms with van der Waals surface area (Å²) in [6.45, 7) is 0.303. The Hall–Kier alpha value is -4.12. The van der Waals surface area contributed by atoms with Crippen molar-refractivity contribution >= 4 is 39.5 Å². The number of carboxylic acids is 1. The van der Waals surface area contributed by atoms with Gasteiger partial charge in [0.15, 0.2) is 0 Å². The lowest BCUT2D eigenvalue weighted by atomic mass is 10.0. The van der Waals surface area contributed by atoms with E-state index in [2.05, 4.69) is 10.3 Å². The van der Waals surface area contributed by atoms with Gasteiger partial charge in [-0.25, -0.2) is 14.6 Å². The number of amides is 2. The summed E-state index contributed by atoms with van der Waals surface area (Å²) < 4.78 is 41.7. The van der Waals surface area contributed by atoms with Crippen LogP contribution in [0.15, 0.2) is 54.6 Å². The van der Waals surface area contributed by atoms with Crippen molar-refractivity contribution in [2.24, 2.45) is 5.73 Å². The van der Waals surface area contributed by atoms with Crippen LogP contribution in [0.4, 0.5) is 23.7 Å². The van der Waals surface area contributed by atoms with Gasteiger partial charge in [0.1, 0.15) is 17.4 Å². The van der Waals surface area contributed by atoms with Gasteiger partial charge in [-0.1, -0.05) is 24.3 Å².